The van der Waals surface area contributed by atoms with Crippen LogP contribution in [0.25, 0.3) is 0 Å². The molecule has 0 bridgehead atoms. The number of rotatable bonds is 5. The molecule has 0 spiro atoms. The Balaban J connectivity index is 1.53. The van der Waals surface area contributed by atoms with Gasteiger partial charge in [-0.3, -0.25) is 4.79 Å². The molecule has 0 atom stereocenters. The van der Waals surface area contributed by atoms with Gasteiger partial charge in [-0.1, -0.05) is 25.0 Å². The zero-order chi connectivity index (χ0) is 18.2. The van der Waals surface area contributed by atoms with Crippen molar-refractivity contribution in [2.24, 2.45) is 0 Å². The van der Waals surface area contributed by atoms with Crippen molar-refractivity contribution in [1.82, 2.24) is 0 Å². The number of amides is 1. The molecule has 0 aliphatic carbocycles. The Bertz CT molecular complexity index is 773. The fourth-order valence-corrected chi connectivity index (χ4v) is 3.11. The van der Waals surface area contributed by atoms with Crippen LogP contribution in [0.2, 0.25) is 0 Å². The van der Waals surface area contributed by atoms with Gasteiger partial charge in [-0.2, -0.15) is 5.26 Å². The summed E-state index contributed by atoms with van der Waals surface area (Å²) in [4.78, 5) is 14.5. The van der Waals surface area contributed by atoms with E-state index in [0.29, 0.717) is 11.3 Å². The molecule has 1 fully saturated rings. The lowest BCUT2D eigenvalue weighted by molar-refractivity contribution is -0.118. The van der Waals surface area contributed by atoms with Crippen LogP contribution in [0.1, 0.15) is 31.2 Å². The minimum atomic E-state index is -0.250. The van der Waals surface area contributed by atoms with Gasteiger partial charge in [0.2, 0.25) is 0 Å². The Labute approximate surface area is 154 Å². The summed E-state index contributed by atoms with van der Waals surface area (Å²) >= 11 is 0. The van der Waals surface area contributed by atoms with Crippen LogP contribution >= 0.6 is 0 Å². The molecule has 0 radical (unpaired) electrons. The van der Waals surface area contributed by atoms with Crippen molar-refractivity contribution in [2.75, 3.05) is 29.9 Å². The van der Waals surface area contributed by atoms with E-state index in [9.17, 15) is 4.79 Å². The highest BCUT2D eigenvalue weighted by Crippen LogP contribution is 2.22. The van der Waals surface area contributed by atoms with Gasteiger partial charge in [-0.05, 0) is 49.2 Å². The molecule has 1 saturated heterocycles. The van der Waals surface area contributed by atoms with Crippen molar-refractivity contribution in [2.45, 2.75) is 25.7 Å². The summed E-state index contributed by atoms with van der Waals surface area (Å²) in [6.45, 7) is 2.06. The van der Waals surface area contributed by atoms with E-state index in [1.807, 2.05) is 30.3 Å². The van der Waals surface area contributed by atoms with E-state index in [1.165, 1.54) is 31.4 Å². The zero-order valence-corrected chi connectivity index (χ0v) is 14.8. The first kappa shape index (κ1) is 17.8. The highest BCUT2D eigenvalue weighted by molar-refractivity contribution is 5.92. The third kappa shape index (κ3) is 4.76. The third-order valence-electron chi connectivity index (χ3n) is 4.49. The van der Waals surface area contributed by atoms with Gasteiger partial charge in [-0.25, -0.2) is 0 Å². The Hall–Kier alpha value is -3.00. The number of benzene rings is 2. The molecule has 2 aromatic rings. The van der Waals surface area contributed by atoms with Crippen molar-refractivity contribution in [1.29, 1.82) is 5.26 Å². The molecule has 1 N–H and O–H groups in total. The number of ether oxygens (including phenoxy) is 1. The fraction of sp³-hybridized carbons (Fsp3) is 0.333. The SMILES string of the molecule is N#Cc1ccccc1OCC(=O)Nc1ccc(N2CCCCCC2)cc1. The second-order valence-corrected chi connectivity index (χ2v) is 6.39. The molecule has 1 aliphatic heterocycles. The maximum atomic E-state index is 12.1. The number of nitrogens with one attached hydrogen (secondary N) is 1. The van der Waals surface area contributed by atoms with Crippen LogP contribution < -0.4 is 15.0 Å². The Morgan fingerprint density at radius 3 is 2.42 bits per heavy atom. The number of carbonyl (C=O) groups excluding carboxylic acids is 1. The molecule has 1 amide bonds. The molecule has 134 valence electrons. The monoisotopic (exact) mass is 349 g/mol. The minimum absolute atomic E-state index is 0.132. The first-order chi connectivity index (χ1) is 12.8. The van der Waals surface area contributed by atoms with Crippen LogP contribution in [0.4, 0.5) is 11.4 Å². The van der Waals surface area contributed by atoms with Gasteiger partial charge >= 0.3 is 0 Å². The maximum Gasteiger partial charge on any atom is 0.262 e. The molecule has 3 rings (SSSR count). The molecule has 26 heavy (non-hydrogen) atoms. The molecule has 0 aromatic heterocycles. The lowest BCUT2D eigenvalue weighted by atomic mass is 10.2. The van der Waals surface area contributed by atoms with E-state index in [-0.39, 0.29) is 12.5 Å². The molecule has 0 saturated carbocycles. The summed E-state index contributed by atoms with van der Waals surface area (Å²) < 4.78 is 5.45. The summed E-state index contributed by atoms with van der Waals surface area (Å²) in [6, 6.07) is 16.9. The van der Waals surface area contributed by atoms with Crippen LogP contribution in [0, 0.1) is 11.3 Å². The van der Waals surface area contributed by atoms with Crippen molar-refractivity contribution < 1.29 is 9.53 Å². The van der Waals surface area contributed by atoms with Gasteiger partial charge < -0.3 is 15.0 Å². The Morgan fingerprint density at radius 2 is 1.73 bits per heavy atom. The van der Waals surface area contributed by atoms with E-state index < -0.39 is 0 Å². The number of carbonyl (C=O) groups is 1. The number of hydrogen-bond donors (Lipinski definition) is 1. The molecule has 1 aliphatic rings. The lowest BCUT2D eigenvalue weighted by Gasteiger charge is -2.22. The zero-order valence-electron chi connectivity index (χ0n) is 14.8. The van der Waals surface area contributed by atoms with Gasteiger partial charge in [0.25, 0.3) is 5.91 Å². The molecule has 5 heteroatoms. The fourth-order valence-electron chi connectivity index (χ4n) is 3.11. The lowest BCUT2D eigenvalue weighted by Crippen LogP contribution is -2.24. The summed E-state index contributed by atoms with van der Waals surface area (Å²) in [7, 11) is 0. The second-order valence-electron chi connectivity index (χ2n) is 6.39. The average molecular weight is 349 g/mol. The highest BCUT2D eigenvalue weighted by atomic mass is 16.5. The van der Waals surface area contributed by atoms with Gasteiger partial charge in [0, 0.05) is 24.5 Å². The number of anilines is 2. The van der Waals surface area contributed by atoms with Gasteiger partial charge in [-0.15, -0.1) is 0 Å². The summed E-state index contributed by atoms with van der Waals surface area (Å²) in [5.41, 5.74) is 2.36. The molecule has 2 aromatic carbocycles. The van der Waals surface area contributed by atoms with Crippen molar-refractivity contribution >= 4 is 17.3 Å². The smallest absolute Gasteiger partial charge is 0.262 e. The topological polar surface area (TPSA) is 65.4 Å². The van der Waals surface area contributed by atoms with Gasteiger partial charge in [0.15, 0.2) is 6.61 Å². The average Bonchev–Trinajstić information content (AvgIpc) is 2.97. The van der Waals surface area contributed by atoms with Crippen LogP contribution in [0.5, 0.6) is 5.75 Å². The first-order valence-corrected chi connectivity index (χ1v) is 9.03. The first-order valence-electron chi connectivity index (χ1n) is 9.03. The Morgan fingerprint density at radius 1 is 1.04 bits per heavy atom. The largest absolute Gasteiger partial charge is 0.482 e. The number of nitrogens with zero attached hydrogens (tertiary/aromatic N) is 2. The minimum Gasteiger partial charge on any atom is -0.482 e. The maximum absolute atomic E-state index is 12.1. The van der Waals surface area contributed by atoms with Crippen molar-refractivity contribution in [3.05, 3.63) is 54.1 Å². The quantitative estimate of drug-likeness (QED) is 0.887. The summed E-state index contributed by atoms with van der Waals surface area (Å²) in [5.74, 6) is 0.168. The third-order valence-corrected chi connectivity index (χ3v) is 4.49. The van der Waals surface area contributed by atoms with E-state index in [1.54, 1.807) is 24.3 Å². The summed E-state index contributed by atoms with van der Waals surface area (Å²) in [6.07, 6.45) is 5.08. The van der Waals surface area contributed by atoms with Crippen molar-refractivity contribution in [3.8, 4) is 11.8 Å². The number of hydrogen-bond acceptors (Lipinski definition) is 4. The van der Waals surface area contributed by atoms with Crippen molar-refractivity contribution in [3.63, 3.8) is 0 Å². The predicted octanol–water partition coefficient (Wildman–Crippen LogP) is 3.96. The number of para-hydroxylation sites is 1. The van der Waals surface area contributed by atoms with E-state index in [0.717, 1.165) is 18.8 Å². The molecule has 1 heterocycles. The van der Waals surface area contributed by atoms with Crippen LogP contribution in [0.15, 0.2) is 48.5 Å². The van der Waals surface area contributed by atoms with Crippen LogP contribution in [-0.4, -0.2) is 25.6 Å². The highest BCUT2D eigenvalue weighted by Gasteiger charge is 2.10. The normalized spacial score (nSPS) is 14.2. The molecule has 5 nitrogen and oxygen atoms in total. The van der Waals surface area contributed by atoms with E-state index in [4.69, 9.17) is 10.00 Å². The second kappa shape index (κ2) is 8.91. The molecular formula is C21H23N3O2. The van der Waals surface area contributed by atoms with E-state index in [2.05, 4.69) is 10.2 Å². The van der Waals surface area contributed by atoms with Crippen LogP contribution in [-0.2, 0) is 4.79 Å². The van der Waals surface area contributed by atoms with Crippen LogP contribution in [0.3, 0.4) is 0 Å². The molecular weight excluding hydrogens is 326 g/mol. The number of nitriles is 1. The molecule has 0 unspecified atom stereocenters. The predicted molar refractivity (Wildman–Crippen MR) is 102 cm³/mol. The summed E-state index contributed by atoms with van der Waals surface area (Å²) in [5, 5.41) is 11.9. The van der Waals surface area contributed by atoms with Gasteiger partial charge in [0.05, 0.1) is 5.56 Å². The standard InChI is InChI=1S/C21H23N3O2/c22-15-17-7-3-4-8-20(17)26-16-21(25)23-18-9-11-19(12-10-18)24-13-5-1-2-6-14-24/h3-4,7-12H,1-2,5-6,13-14,16H2,(H,23,25). The van der Waals surface area contributed by atoms with E-state index >= 15 is 0 Å². The van der Waals surface area contributed by atoms with Gasteiger partial charge in [0.1, 0.15) is 11.8 Å². The Kier molecular flexibility index (Phi) is 6.10.